The Hall–Kier alpha value is -1.61. The summed E-state index contributed by atoms with van der Waals surface area (Å²) in [6, 6.07) is 11.2. The van der Waals surface area contributed by atoms with E-state index in [-0.39, 0.29) is 24.0 Å². The van der Waals surface area contributed by atoms with Crippen molar-refractivity contribution in [2.75, 3.05) is 26.7 Å². The summed E-state index contributed by atoms with van der Waals surface area (Å²) in [6.45, 7) is 7.00. The molecule has 6 nitrogen and oxygen atoms in total. The summed E-state index contributed by atoms with van der Waals surface area (Å²) in [7, 11) is 1.83. The molecule has 148 valence electrons. The van der Waals surface area contributed by atoms with Gasteiger partial charge >= 0.3 is 0 Å². The fourth-order valence-electron chi connectivity index (χ4n) is 3.34. The second-order valence-electron chi connectivity index (χ2n) is 6.96. The van der Waals surface area contributed by atoms with Crippen LogP contribution in [0.5, 0.6) is 0 Å². The van der Waals surface area contributed by atoms with E-state index in [0.29, 0.717) is 6.04 Å². The Labute approximate surface area is 179 Å². The highest BCUT2D eigenvalue weighted by Gasteiger charge is 2.19. The summed E-state index contributed by atoms with van der Waals surface area (Å²) in [4.78, 5) is 6.89. The van der Waals surface area contributed by atoms with Gasteiger partial charge in [0, 0.05) is 45.5 Å². The molecule has 7 heteroatoms. The smallest absolute Gasteiger partial charge is 0.191 e. The van der Waals surface area contributed by atoms with E-state index in [0.717, 1.165) is 51.5 Å². The van der Waals surface area contributed by atoms with E-state index in [2.05, 4.69) is 69.1 Å². The van der Waals surface area contributed by atoms with Crippen molar-refractivity contribution in [2.24, 2.45) is 4.99 Å². The second-order valence-corrected chi connectivity index (χ2v) is 6.96. The van der Waals surface area contributed by atoms with Gasteiger partial charge in [0.2, 0.25) is 0 Å². The third-order valence-corrected chi connectivity index (χ3v) is 4.80. The van der Waals surface area contributed by atoms with Gasteiger partial charge in [0.25, 0.3) is 0 Å². The van der Waals surface area contributed by atoms with Crippen molar-refractivity contribution in [1.82, 2.24) is 25.3 Å². The van der Waals surface area contributed by atoms with Gasteiger partial charge in [0.1, 0.15) is 0 Å². The predicted octanol–water partition coefficient (Wildman–Crippen LogP) is 2.64. The van der Waals surface area contributed by atoms with E-state index >= 15 is 0 Å². The molecule has 27 heavy (non-hydrogen) atoms. The summed E-state index contributed by atoms with van der Waals surface area (Å²) in [5.41, 5.74) is 2.58. The fourth-order valence-corrected chi connectivity index (χ4v) is 3.34. The number of aliphatic imine (C=N–C) groups is 1. The van der Waals surface area contributed by atoms with Gasteiger partial charge in [-0.25, -0.2) is 0 Å². The van der Waals surface area contributed by atoms with Crippen LogP contribution in [0.15, 0.2) is 47.7 Å². The monoisotopic (exact) mass is 482 g/mol. The van der Waals surface area contributed by atoms with Gasteiger partial charge in [0.15, 0.2) is 5.96 Å². The Morgan fingerprint density at radius 3 is 2.59 bits per heavy atom. The first-order chi connectivity index (χ1) is 12.7. The average Bonchev–Trinajstić information content (AvgIpc) is 3.08. The zero-order chi connectivity index (χ0) is 18.2. The van der Waals surface area contributed by atoms with E-state index in [4.69, 9.17) is 0 Å². The number of likely N-dealkylation sites (tertiary alicyclic amines) is 1. The van der Waals surface area contributed by atoms with Crippen LogP contribution in [0.4, 0.5) is 0 Å². The minimum absolute atomic E-state index is 0. The van der Waals surface area contributed by atoms with E-state index in [9.17, 15) is 0 Å². The molecule has 0 spiro atoms. The van der Waals surface area contributed by atoms with Crippen molar-refractivity contribution in [3.05, 3.63) is 53.9 Å². The van der Waals surface area contributed by atoms with Gasteiger partial charge in [-0.05, 0) is 30.9 Å². The van der Waals surface area contributed by atoms with Gasteiger partial charge in [-0.1, -0.05) is 30.3 Å². The van der Waals surface area contributed by atoms with Crippen LogP contribution in [0.25, 0.3) is 0 Å². The Morgan fingerprint density at radius 1 is 1.22 bits per heavy atom. The molecule has 2 N–H and O–H groups in total. The molecule has 1 aliphatic heterocycles. The molecule has 2 aromatic rings. The number of piperidine rings is 1. The summed E-state index contributed by atoms with van der Waals surface area (Å²) in [6.07, 6.45) is 6.23. The molecule has 0 bridgehead atoms. The number of hydrogen-bond donors (Lipinski definition) is 2. The SMILES string of the molecule is CN=C(NCCn1cc(C)cn1)NC1CCN(Cc2ccccc2)CC1.I. The Kier molecular flexibility index (Phi) is 9.06. The van der Waals surface area contributed by atoms with Crippen LogP contribution in [0.3, 0.4) is 0 Å². The molecule has 0 saturated carbocycles. The number of aryl methyl sites for hydroxylation is 1. The molecule has 0 unspecified atom stereocenters. The molecule has 3 rings (SSSR count). The van der Waals surface area contributed by atoms with Gasteiger partial charge < -0.3 is 10.6 Å². The van der Waals surface area contributed by atoms with E-state index in [1.165, 1.54) is 11.1 Å². The van der Waals surface area contributed by atoms with Crippen LogP contribution >= 0.6 is 24.0 Å². The van der Waals surface area contributed by atoms with Gasteiger partial charge in [-0.15, -0.1) is 24.0 Å². The average molecular weight is 482 g/mol. The number of aromatic nitrogens is 2. The van der Waals surface area contributed by atoms with Crippen LogP contribution in [0, 0.1) is 6.92 Å². The van der Waals surface area contributed by atoms with Crippen molar-refractivity contribution >= 4 is 29.9 Å². The molecular weight excluding hydrogens is 451 g/mol. The zero-order valence-corrected chi connectivity index (χ0v) is 18.6. The first-order valence-corrected chi connectivity index (χ1v) is 9.45. The number of benzene rings is 1. The van der Waals surface area contributed by atoms with E-state index in [1.54, 1.807) is 0 Å². The maximum absolute atomic E-state index is 4.36. The quantitative estimate of drug-likeness (QED) is 0.378. The predicted molar refractivity (Wildman–Crippen MR) is 122 cm³/mol. The molecule has 1 aromatic heterocycles. The third-order valence-electron chi connectivity index (χ3n) is 4.80. The summed E-state index contributed by atoms with van der Waals surface area (Å²) < 4.78 is 1.96. The highest BCUT2D eigenvalue weighted by atomic mass is 127. The van der Waals surface area contributed by atoms with Crippen LogP contribution in [0.2, 0.25) is 0 Å². The fraction of sp³-hybridized carbons (Fsp3) is 0.500. The second kappa shape index (κ2) is 11.3. The normalized spacial score (nSPS) is 16.0. The summed E-state index contributed by atoms with van der Waals surface area (Å²) in [5, 5.41) is 11.3. The molecule has 1 aliphatic rings. The number of guanidine groups is 1. The first-order valence-electron chi connectivity index (χ1n) is 9.45. The summed E-state index contributed by atoms with van der Waals surface area (Å²) in [5.74, 6) is 0.885. The maximum Gasteiger partial charge on any atom is 0.191 e. The standard InChI is InChI=1S/C20H30N6.HI/c1-17-14-23-26(15-17)13-10-22-20(21-2)24-19-8-11-25(12-9-19)16-18-6-4-3-5-7-18;/h3-7,14-15,19H,8-13,16H2,1-2H3,(H2,21,22,24);1H. The molecule has 1 aromatic carbocycles. The lowest BCUT2D eigenvalue weighted by Crippen LogP contribution is -2.49. The van der Waals surface area contributed by atoms with Crippen molar-refractivity contribution in [2.45, 2.75) is 38.9 Å². The molecule has 1 fully saturated rings. The Bertz CT molecular complexity index is 692. The van der Waals surface area contributed by atoms with Crippen molar-refractivity contribution in [1.29, 1.82) is 0 Å². The van der Waals surface area contributed by atoms with Crippen LogP contribution in [0.1, 0.15) is 24.0 Å². The van der Waals surface area contributed by atoms with Crippen molar-refractivity contribution < 1.29 is 0 Å². The topological polar surface area (TPSA) is 57.5 Å². The van der Waals surface area contributed by atoms with Crippen molar-refractivity contribution in [3.8, 4) is 0 Å². The highest BCUT2D eigenvalue weighted by Crippen LogP contribution is 2.13. The Balaban J connectivity index is 0.00000261. The number of halogens is 1. The van der Waals surface area contributed by atoms with Crippen molar-refractivity contribution in [3.63, 3.8) is 0 Å². The molecule has 2 heterocycles. The molecule has 1 saturated heterocycles. The Morgan fingerprint density at radius 2 is 1.96 bits per heavy atom. The number of rotatable bonds is 6. The zero-order valence-electron chi connectivity index (χ0n) is 16.3. The molecule has 0 amide bonds. The summed E-state index contributed by atoms with van der Waals surface area (Å²) >= 11 is 0. The number of nitrogens with zero attached hydrogens (tertiary/aromatic N) is 4. The van der Waals surface area contributed by atoms with Gasteiger partial charge in [-0.2, -0.15) is 5.10 Å². The molecular formula is C20H31IN6. The maximum atomic E-state index is 4.36. The van der Waals surface area contributed by atoms with E-state index in [1.807, 2.05) is 17.9 Å². The molecule has 0 radical (unpaired) electrons. The van der Waals surface area contributed by atoms with Gasteiger partial charge in [-0.3, -0.25) is 14.6 Å². The first kappa shape index (κ1) is 21.7. The van der Waals surface area contributed by atoms with Crippen LogP contribution in [-0.4, -0.2) is 53.4 Å². The molecule has 0 atom stereocenters. The number of nitrogens with one attached hydrogen (secondary N) is 2. The third kappa shape index (κ3) is 7.14. The lowest BCUT2D eigenvalue weighted by atomic mass is 10.0. The number of hydrogen-bond acceptors (Lipinski definition) is 3. The van der Waals surface area contributed by atoms with E-state index < -0.39 is 0 Å². The lowest BCUT2D eigenvalue weighted by Gasteiger charge is -2.33. The van der Waals surface area contributed by atoms with Crippen LogP contribution < -0.4 is 10.6 Å². The minimum Gasteiger partial charge on any atom is -0.355 e. The highest BCUT2D eigenvalue weighted by molar-refractivity contribution is 14.0. The van der Waals surface area contributed by atoms with Gasteiger partial charge in [0.05, 0.1) is 12.7 Å². The molecule has 0 aliphatic carbocycles. The lowest BCUT2D eigenvalue weighted by molar-refractivity contribution is 0.198. The minimum atomic E-state index is 0. The largest absolute Gasteiger partial charge is 0.355 e. The van der Waals surface area contributed by atoms with Crippen LogP contribution in [-0.2, 0) is 13.1 Å².